The lowest BCUT2D eigenvalue weighted by atomic mass is 9.90. The Balaban J connectivity index is 2.28. The van der Waals surface area contributed by atoms with Gasteiger partial charge in [0, 0.05) is 0 Å². The van der Waals surface area contributed by atoms with E-state index in [1.165, 1.54) is 0 Å². The number of rotatable bonds is 21. The largest absolute Gasteiger partial charge is 0.481 e. The molecule has 0 aliphatic rings. The van der Waals surface area contributed by atoms with Crippen LogP contribution in [-0.4, -0.2) is 99.7 Å². The Labute approximate surface area is 308 Å². The van der Waals surface area contributed by atoms with Crippen molar-refractivity contribution < 1.29 is 48.9 Å². The van der Waals surface area contributed by atoms with Gasteiger partial charge in [0.1, 0.15) is 30.2 Å². The first-order valence-corrected chi connectivity index (χ1v) is 17.4. The number of benzene rings is 2. The molecular formula is C37H52N6O10. The van der Waals surface area contributed by atoms with Gasteiger partial charge < -0.3 is 47.6 Å². The second-order valence-electron chi connectivity index (χ2n) is 13.7. The monoisotopic (exact) mass is 740 g/mol. The Morgan fingerprint density at radius 3 is 1.43 bits per heavy atom. The predicted molar refractivity (Wildman–Crippen MR) is 194 cm³/mol. The zero-order valence-electron chi connectivity index (χ0n) is 30.6. The number of hydrogen-bond acceptors (Lipinski definition) is 9. The number of aliphatic carboxylic acids is 1. The van der Waals surface area contributed by atoms with Gasteiger partial charge in [0.15, 0.2) is 0 Å². The summed E-state index contributed by atoms with van der Waals surface area (Å²) in [5.41, 5.74) is 6.69. The van der Waals surface area contributed by atoms with Crippen LogP contribution < -0.4 is 32.3 Å². The van der Waals surface area contributed by atoms with Gasteiger partial charge in [-0.1, -0.05) is 88.4 Å². The van der Waals surface area contributed by atoms with Crippen LogP contribution in [0.4, 0.5) is 0 Å². The maximum absolute atomic E-state index is 13.8. The fourth-order valence-corrected chi connectivity index (χ4v) is 5.50. The summed E-state index contributed by atoms with van der Waals surface area (Å²) >= 11 is 0. The lowest BCUT2D eigenvalue weighted by molar-refractivity contribution is -0.142. The minimum absolute atomic E-state index is 0.0403. The number of aliphatic hydroxyl groups excluding tert-OH is 2. The van der Waals surface area contributed by atoms with E-state index in [1.54, 1.807) is 74.5 Å². The average Bonchev–Trinajstić information content (AvgIpc) is 3.08. The highest BCUT2D eigenvalue weighted by atomic mass is 16.4. The molecule has 16 nitrogen and oxygen atoms in total. The Hall–Kier alpha value is -5.35. The number of carboxylic acids is 1. The molecule has 2 aromatic carbocycles. The SMILES string of the molecule is CC(C)C[C@H](NC(=O)[C@H](CO)NC(=O)[C@@H](NC(=O)[C@H](CC(=O)O)NC(=O)[C@H](CC(C)C)NC(=O)C(c1ccccc1)c1ccccc1)[C@@H](C)O)C(N)=O. The third-order valence-electron chi connectivity index (χ3n) is 8.13. The van der Waals surface area contributed by atoms with E-state index in [0.29, 0.717) is 11.1 Å². The standard InChI is InChI=1S/C37H52N6O10/c1-20(2)16-25(32(38)48)39-35(51)28(19-44)42-37(53)31(22(5)45)43-34(50)27(18-29(46)47)40-33(49)26(17-21(3)4)41-36(52)30(23-12-8-6-9-13-23)24-14-10-7-11-15-24/h6-15,20-22,25-28,30-31,44-45H,16-19H2,1-5H3,(H2,38,48)(H,39,51)(H,40,49)(H,41,52)(H,42,53)(H,43,50)(H,46,47)/t22-,25+,26+,27+,28+,31+/m1/s1. The van der Waals surface area contributed by atoms with Crippen LogP contribution >= 0.6 is 0 Å². The van der Waals surface area contributed by atoms with Gasteiger partial charge in [-0.25, -0.2) is 0 Å². The molecule has 290 valence electrons. The normalized spacial score (nSPS) is 14.6. The Morgan fingerprint density at radius 2 is 1.00 bits per heavy atom. The van der Waals surface area contributed by atoms with Crippen molar-refractivity contribution in [3.8, 4) is 0 Å². The summed E-state index contributed by atoms with van der Waals surface area (Å²) in [6.45, 7) is 7.41. The van der Waals surface area contributed by atoms with Gasteiger partial charge in [-0.2, -0.15) is 0 Å². The maximum Gasteiger partial charge on any atom is 0.305 e. The van der Waals surface area contributed by atoms with Crippen LogP contribution in [0.3, 0.4) is 0 Å². The van der Waals surface area contributed by atoms with Gasteiger partial charge in [0.25, 0.3) is 0 Å². The maximum atomic E-state index is 13.8. The minimum atomic E-state index is -1.79. The van der Waals surface area contributed by atoms with Gasteiger partial charge in [-0.05, 0) is 42.7 Å². The third-order valence-corrected chi connectivity index (χ3v) is 8.13. The van der Waals surface area contributed by atoms with E-state index in [4.69, 9.17) is 5.73 Å². The molecule has 10 N–H and O–H groups in total. The first-order valence-electron chi connectivity index (χ1n) is 17.4. The van der Waals surface area contributed by atoms with Crippen LogP contribution in [0, 0.1) is 11.8 Å². The molecule has 6 atom stereocenters. The second kappa shape index (κ2) is 21.2. The molecule has 0 unspecified atom stereocenters. The van der Waals surface area contributed by atoms with E-state index in [0.717, 1.165) is 6.92 Å². The average molecular weight is 741 g/mol. The van der Waals surface area contributed by atoms with Crippen LogP contribution in [0.15, 0.2) is 60.7 Å². The number of nitrogens with two attached hydrogens (primary N) is 1. The van der Waals surface area contributed by atoms with E-state index in [-0.39, 0.29) is 24.7 Å². The fraction of sp³-hybridized carbons (Fsp3) is 0.486. The van der Waals surface area contributed by atoms with Crippen molar-refractivity contribution in [1.29, 1.82) is 0 Å². The van der Waals surface area contributed by atoms with Gasteiger partial charge >= 0.3 is 5.97 Å². The van der Waals surface area contributed by atoms with Crippen molar-refractivity contribution in [3.63, 3.8) is 0 Å². The molecule has 16 heteroatoms. The smallest absolute Gasteiger partial charge is 0.305 e. The Bertz CT molecular complexity index is 1510. The van der Waals surface area contributed by atoms with Crippen molar-refractivity contribution in [3.05, 3.63) is 71.8 Å². The second-order valence-corrected chi connectivity index (χ2v) is 13.7. The van der Waals surface area contributed by atoms with Crippen molar-refractivity contribution in [2.24, 2.45) is 17.6 Å². The summed E-state index contributed by atoms with van der Waals surface area (Å²) in [7, 11) is 0. The lowest BCUT2D eigenvalue weighted by Gasteiger charge is -2.28. The van der Waals surface area contributed by atoms with Gasteiger partial charge in [0.2, 0.25) is 35.4 Å². The number of aliphatic hydroxyl groups is 2. The zero-order chi connectivity index (χ0) is 39.8. The van der Waals surface area contributed by atoms with Crippen LogP contribution in [0.5, 0.6) is 0 Å². The highest BCUT2D eigenvalue weighted by Crippen LogP contribution is 2.25. The molecule has 0 aliphatic carbocycles. The number of hydrogen-bond donors (Lipinski definition) is 9. The summed E-state index contributed by atoms with van der Waals surface area (Å²) in [5, 5.41) is 41.7. The first-order chi connectivity index (χ1) is 24.9. The van der Waals surface area contributed by atoms with Gasteiger partial charge in [0.05, 0.1) is 25.0 Å². The van der Waals surface area contributed by atoms with E-state index >= 15 is 0 Å². The highest BCUT2D eigenvalue weighted by Gasteiger charge is 2.35. The molecule has 0 aromatic heterocycles. The quantitative estimate of drug-likeness (QED) is 0.0804. The molecule has 2 rings (SSSR count). The molecule has 53 heavy (non-hydrogen) atoms. The molecule has 0 bridgehead atoms. The van der Waals surface area contributed by atoms with E-state index in [1.807, 2.05) is 13.8 Å². The van der Waals surface area contributed by atoms with Crippen LogP contribution in [0.2, 0.25) is 0 Å². The first kappa shape index (κ1) is 43.8. The number of primary amides is 1. The molecule has 0 heterocycles. The molecule has 0 radical (unpaired) electrons. The summed E-state index contributed by atoms with van der Waals surface area (Å²) < 4.78 is 0. The van der Waals surface area contributed by atoms with Crippen molar-refractivity contribution in [1.82, 2.24) is 26.6 Å². The lowest BCUT2D eigenvalue weighted by Crippen LogP contribution is -2.62. The van der Waals surface area contributed by atoms with Gasteiger partial charge in [-0.3, -0.25) is 33.6 Å². The molecule has 0 spiro atoms. The Morgan fingerprint density at radius 1 is 0.585 bits per heavy atom. The molecule has 2 aromatic rings. The topological polar surface area (TPSA) is 266 Å². The molecule has 6 amide bonds. The van der Waals surface area contributed by atoms with E-state index < -0.39 is 96.7 Å². The van der Waals surface area contributed by atoms with Crippen LogP contribution in [-0.2, 0) is 33.6 Å². The minimum Gasteiger partial charge on any atom is -0.481 e. The zero-order valence-corrected chi connectivity index (χ0v) is 30.6. The summed E-state index contributed by atoms with van der Waals surface area (Å²) in [6.07, 6.45) is -2.25. The van der Waals surface area contributed by atoms with Crippen molar-refractivity contribution >= 4 is 41.4 Å². The molecule has 0 aliphatic heterocycles. The predicted octanol–water partition coefficient (Wildman–Crippen LogP) is -0.332. The fourth-order valence-electron chi connectivity index (χ4n) is 5.50. The number of nitrogens with one attached hydrogen (secondary N) is 5. The van der Waals surface area contributed by atoms with Gasteiger partial charge in [-0.15, -0.1) is 0 Å². The number of carbonyl (C=O) groups excluding carboxylic acids is 6. The number of amides is 6. The molecular weight excluding hydrogens is 688 g/mol. The van der Waals surface area contributed by atoms with E-state index in [9.17, 15) is 48.9 Å². The molecule has 0 saturated heterocycles. The van der Waals surface area contributed by atoms with E-state index in [2.05, 4.69) is 26.6 Å². The number of carboxylic acid groups (broad SMARTS) is 1. The summed E-state index contributed by atoms with van der Waals surface area (Å²) in [4.78, 5) is 90.6. The Kier molecular flexibility index (Phi) is 17.6. The van der Waals surface area contributed by atoms with Crippen molar-refractivity contribution in [2.45, 2.75) is 96.1 Å². The summed E-state index contributed by atoms with van der Waals surface area (Å²) in [5.74, 6) is -7.94. The summed E-state index contributed by atoms with van der Waals surface area (Å²) in [6, 6.07) is 10.3. The molecule has 0 saturated carbocycles. The van der Waals surface area contributed by atoms with Crippen molar-refractivity contribution in [2.75, 3.05) is 6.61 Å². The van der Waals surface area contributed by atoms with Crippen LogP contribution in [0.25, 0.3) is 0 Å². The molecule has 0 fully saturated rings. The van der Waals surface area contributed by atoms with Crippen LogP contribution in [0.1, 0.15) is 70.9 Å². The highest BCUT2D eigenvalue weighted by molar-refractivity contribution is 5.98. The number of carbonyl (C=O) groups is 7. The third kappa shape index (κ3) is 14.3.